The van der Waals surface area contributed by atoms with Crippen LogP contribution in [0.25, 0.3) is 0 Å². The van der Waals surface area contributed by atoms with Gasteiger partial charge in [-0.1, -0.05) is 17.7 Å². The smallest absolute Gasteiger partial charge is 0.0409 e. The molecule has 1 aromatic carbocycles. The van der Waals surface area contributed by atoms with Crippen LogP contribution in [0, 0.1) is 6.92 Å². The highest BCUT2D eigenvalue weighted by Crippen LogP contribution is 2.18. The Kier molecular flexibility index (Phi) is 4.84. The third-order valence-electron chi connectivity index (χ3n) is 3.17. The molecule has 2 nitrogen and oxygen atoms in total. The van der Waals surface area contributed by atoms with Gasteiger partial charge in [0.15, 0.2) is 0 Å². The molecule has 2 N–H and O–H groups in total. The summed E-state index contributed by atoms with van der Waals surface area (Å²) in [5.41, 5.74) is 2.60. The van der Waals surface area contributed by atoms with E-state index >= 15 is 0 Å². The molecule has 0 heterocycles. The average molecular weight is 253 g/mol. The number of hydrogen-bond donors (Lipinski definition) is 2. The van der Waals surface area contributed by atoms with Gasteiger partial charge in [-0.15, -0.1) is 0 Å². The van der Waals surface area contributed by atoms with E-state index in [1.165, 1.54) is 30.4 Å². The molecule has 1 aromatic rings. The van der Waals surface area contributed by atoms with Crippen LogP contribution in [0.2, 0.25) is 5.02 Å². The predicted octanol–water partition coefficient (Wildman–Crippen LogP) is 2.88. The Morgan fingerprint density at radius 2 is 2.12 bits per heavy atom. The van der Waals surface area contributed by atoms with Crippen LogP contribution in [0.4, 0.5) is 0 Å². The van der Waals surface area contributed by atoms with E-state index in [4.69, 9.17) is 11.6 Å². The summed E-state index contributed by atoms with van der Waals surface area (Å²) in [6.45, 7) is 5.23. The van der Waals surface area contributed by atoms with Crippen molar-refractivity contribution >= 4 is 11.6 Å². The van der Waals surface area contributed by atoms with E-state index < -0.39 is 0 Å². The summed E-state index contributed by atoms with van der Waals surface area (Å²) in [5.74, 6) is 0. The molecule has 0 amide bonds. The first-order chi connectivity index (χ1) is 8.25. The van der Waals surface area contributed by atoms with Crippen LogP contribution in [0.3, 0.4) is 0 Å². The standard InChI is InChI=1S/C14H21ClN2/c1-11-3-4-13(15)9-12(11)10-16-7-2-8-17-14-5-6-14/h3-4,9,14,16-17H,2,5-8,10H2,1H3. The molecule has 0 saturated heterocycles. The maximum Gasteiger partial charge on any atom is 0.0409 e. The molecule has 0 aromatic heterocycles. The zero-order valence-corrected chi connectivity index (χ0v) is 11.2. The van der Waals surface area contributed by atoms with Gasteiger partial charge in [-0.25, -0.2) is 0 Å². The molecular formula is C14H21ClN2. The highest BCUT2D eigenvalue weighted by molar-refractivity contribution is 6.30. The lowest BCUT2D eigenvalue weighted by molar-refractivity contribution is 0.592. The Hall–Kier alpha value is -0.570. The van der Waals surface area contributed by atoms with Crippen molar-refractivity contribution < 1.29 is 0 Å². The second-order valence-corrected chi connectivity index (χ2v) is 5.27. The van der Waals surface area contributed by atoms with E-state index in [9.17, 15) is 0 Å². The van der Waals surface area contributed by atoms with Gasteiger partial charge in [0.25, 0.3) is 0 Å². The van der Waals surface area contributed by atoms with E-state index in [1.807, 2.05) is 12.1 Å². The molecule has 0 bridgehead atoms. The molecule has 0 spiro atoms. The van der Waals surface area contributed by atoms with Crippen LogP contribution >= 0.6 is 11.6 Å². The molecule has 0 aliphatic heterocycles. The molecule has 1 saturated carbocycles. The summed E-state index contributed by atoms with van der Waals surface area (Å²) in [5, 5.41) is 7.80. The van der Waals surface area contributed by atoms with E-state index in [-0.39, 0.29) is 0 Å². The first-order valence-electron chi connectivity index (χ1n) is 6.45. The molecule has 1 aliphatic rings. The van der Waals surface area contributed by atoms with Crippen LogP contribution in [-0.2, 0) is 6.54 Å². The summed E-state index contributed by atoms with van der Waals surface area (Å²) in [7, 11) is 0. The van der Waals surface area contributed by atoms with Crippen molar-refractivity contribution in [2.75, 3.05) is 13.1 Å². The molecule has 0 unspecified atom stereocenters. The fourth-order valence-electron chi connectivity index (χ4n) is 1.86. The molecule has 3 heteroatoms. The van der Waals surface area contributed by atoms with Crippen LogP contribution in [0.1, 0.15) is 30.4 Å². The third-order valence-corrected chi connectivity index (χ3v) is 3.40. The molecule has 1 fully saturated rings. The summed E-state index contributed by atoms with van der Waals surface area (Å²) in [6.07, 6.45) is 3.93. The van der Waals surface area contributed by atoms with Crippen molar-refractivity contribution in [3.63, 3.8) is 0 Å². The molecule has 17 heavy (non-hydrogen) atoms. The minimum absolute atomic E-state index is 0.822. The van der Waals surface area contributed by atoms with Crippen molar-refractivity contribution in [2.45, 2.75) is 38.8 Å². The Morgan fingerprint density at radius 1 is 1.29 bits per heavy atom. The van der Waals surface area contributed by atoms with Gasteiger partial charge in [-0.05, 0) is 62.5 Å². The first-order valence-corrected chi connectivity index (χ1v) is 6.82. The second-order valence-electron chi connectivity index (χ2n) is 4.83. The maximum absolute atomic E-state index is 5.98. The van der Waals surface area contributed by atoms with Crippen LogP contribution in [-0.4, -0.2) is 19.1 Å². The lowest BCUT2D eigenvalue weighted by Gasteiger charge is -2.08. The van der Waals surface area contributed by atoms with Crippen molar-refractivity contribution in [3.8, 4) is 0 Å². The summed E-state index contributed by atoms with van der Waals surface area (Å²) in [6, 6.07) is 6.89. The van der Waals surface area contributed by atoms with E-state index in [0.29, 0.717) is 0 Å². The minimum Gasteiger partial charge on any atom is -0.314 e. The van der Waals surface area contributed by atoms with Crippen molar-refractivity contribution in [1.29, 1.82) is 0 Å². The number of halogens is 1. The molecule has 0 atom stereocenters. The lowest BCUT2D eigenvalue weighted by atomic mass is 10.1. The quantitative estimate of drug-likeness (QED) is 0.730. The van der Waals surface area contributed by atoms with Gasteiger partial charge in [0.05, 0.1) is 0 Å². The molecular weight excluding hydrogens is 232 g/mol. The fraction of sp³-hybridized carbons (Fsp3) is 0.571. The van der Waals surface area contributed by atoms with Crippen molar-refractivity contribution in [1.82, 2.24) is 10.6 Å². The van der Waals surface area contributed by atoms with Crippen LogP contribution < -0.4 is 10.6 Å². The minimum atomic E-state index is 0.822. The van der Waals surface area contributed by atoms with Gasteiger partial charge in [-0.2, -0.15) is 0 Å². The number of hydrogen-bond acceptors (Lipinski definition) is 2. The van der Waals surface area contributed by atoms with Crippen molar-refractivity contribution in [3.05, 3.63) is 34.3 Å². The van der Waals surface area contributed by atoms with Crippen LogP contribution in [0.5, 0.6) is 0 Å². The predicted molar refractivity (Wildman–Crippen MR) is 73.5 cm³/mol. The number of nitrogens with one attached hydrogen (secondary N) is 2. The summed E-state index contributed by atoms with van der Waals surface area (Å²) in [4.78, 5) is 0. The van der Waals surface area contributed by atoms with E-state index in [2.05, 4.69) is 23.6 Å². The molecule has 1 aliphatic carbocycles. The highest BCUT2D eigenvalue weighted by atomic mass is 35.5. The Morgan fingerprint density at radius 3 is 2.88 bits per heavy atom. The molecule has 94 valence electrons. The van der Waals surface area contributed by atoms with E-state index in [1.54, 1.807) is 0 Å². The Balaban J connectivity index is 1.61. The number of rotatable bonds is 7. The van der Waals surface area contributed by atoms with Gasteiger partial charge < -0.3 is 10.6 Å². The average Bonchev–Trinajstić information content (AvgIpc) is 3.11. The SMILES string of the molecule is Cc1ccc(Cl)cc1CNCCCNC1CC1. The lowest BCUT2D eigenvalue weighted by Crippen LogP contribution is -2.23. The second kappa shape index (κ2) is 6.39. The maximum atomic E-state index is 5.98. The zero-order valence-electron chi connectivity index (χ0n) is 10.4. The topological polar surface area (TPSA) is 24.1 Å². The largest absolute Gasteiger partial charge is 0.314 e. The summed E-state index contributed by atoms with van der Waals surface area (Å²) >= 11 is 5.98. The first kappa shape index (κ1) is 12.9. The summed E-state index contributed by atoms with van der Waals surface area (Å²) < 4.78 is 0. The van der Waals surface area contributed by atoms with Crippen molar-refractivity contribution in [2.24, 2.45) is 0 Å². The Labute approximate surface area is 109 Å². The van der Waals surface area contributed by atoms with Gasteiger partial charge in [0.1, 0.15) is 0 Å². The number of benzene rings is 1. The van der Waals surface area contributed by atoms with Gasteiger partial charge in [0, 0.05) is 17.6 Å². The fourth-order valence-corrected chi connectivity index (χ4v) is 2.06. The highest BCUT2D eigenvalue weighted by Gasteiger charge is 2.19. The molecule has 2 rings (SSSR count). The van der Waals surface area contributed by atoms with Gasteiger partial charge in [-0.3, -0.25) is 0 Å². The van der Waals surface area contributed by atoms with E-state index in [0.717, 1.165) is 30.7 Å². The number of aryl methyl sites for hydroxylation is 1. The Bertz CT molecular complexity index is 361. The molecule has 0 radical (unpaired) electrons. The third kappa shape index (κ3) is 4.66. The monoisotopic (exact) mass is 252 g/mol. The zero-order chi connectivity index (χ0) is 12.1. The van der Waals surface area contributed by atoms with Gasteiger partial charge in [0.2, 0.25) is 0 Å². The van der Waals surface area contributed by atoms with Crippen LogP contribution in [0.15, 0.2) is 18.2 Å². The van der Waals surface area contributed by atoms with Gasteiger partial charge >= 0.3 is 0 Å². The normalized spacial score (nSPS) is 15.2.